The second kappa shape index (κ2) is 8.61. The molecule has 0 aliphatic heterocycles. The predicted molar refractivity (Wildman–Crippen MR) is 72.8 cm³/mol. The third-order valence-electron chi connectivity index (χ3n) is 2.81. The van der Waals surface area contributed by atoms with E-state index in [2.05, 4.69) is 20.7 Å². The highest BCUT2D eigenvalue weighted by molar-refractivity contribution is 5.69. The van der Waals surface area contributed by atoms with Gasteiger partial charge in [0.05, 0.1) is 20.1 Å². The van der Waals surface area contributed by atoms with Crippen LogP contribution >= 0.6 is 0 Å². The van der Waals surface area contributed by atoms with Gasteiger partial charge in [0.1, 0.15) is 0 Å². The topological polar surface area (TPSA) is 51.7 Å². The van der Waals surface area contributed by atoms with Gasteiger partial charge in [-0.05, 0) is 18.1 Å². The number of carbonyl (C=O) groups is 1. The number of pyridine rings is 1. The van der Waals surface area contributed by atoms with Gasteiger partial charge < -0.3 is 9.47 Å². The molecule has 106 valence electrons. The molecule has 0 aliphatic carbocycles. The van der Waals surface area contributed by atoms with Crippen LogP contribution in [0.2, 0.25) is 0 Å². The number of hydrogen-bond acceptors (Lipinski definition) is 5. The highest BCUT2D eigenvalue weighted by atomic mass is 16.5. The average Bonchev–Trinajstić information content (AvgIpc) is 2.41. The normalized spacial score (nSPS) is 10.7. The van der Waals surface area contributed by atoms with Crippen LogP contribution in [0.3, 0.4) is 0 Å². The van der Waals surface area contributed by atoms with Crippen LogP contribution in [-0.4, -0.2) is 49.8 Å². The van der Waals surface area contributed by atoms with E-state index in [9.17, 15) is 4.79 Å². The second-order valence-electron chi connectivity index (χ2n) is 4.47. The molecular weight excluding hydrogens is 244 g/mol. The first-order chi connectivity index (χ1) is 9.15. The summed E-state index contributed by atoms with van der Waals surface area (Å²) >= 11 is 0. The summed E-state index contributed by atoms with van der Waals surface area (Å²) < 4.78 is 9.76. The molecule has 19 heavy (non-hydrogen) atoms. The first-order valence-corrected chi connectivity index (χ1v) is 6.34. The quantitative estimate of drug-likeness (QED) is 0.666. The van der Waals surface area contributed by atoms with Crippen molar-refractivity contribution in [3.05, 3.63) is 29.6 Å². The maximum Gasteiger partial charge on any atom is 0.306 e. The average molecular weight is 266 g/mol. The molecular formula is C14H22N2O3. The van der Waals surface area contributed by atoms with E-state index in [1.165, 1.54) is 7.11 Å². The van der Waals surface area contributed by atoms with Crippen molar-refractivity contribution in [2.45, 2.75) is 19.9 Å². The van der Waals surface area contributed by atoms with Gasteiger partial charge in [0, 0.05) is 39.1 Å². The van der Waals surface area contributed by atoms with Crippen LogP contribution in [0.4, 0.5) is 0 Å². The molecule has 0 saturated carbocycles. The number of aromatic nitrogens is 1. The van der Waals surface area contributed by atoms with E-state index in [-0.39, 0.29) is 5.97 Å². The molecule has 0 saturated heterocycles. The summed E-state index contributed by atoms with van der Waals surface area (Å²) in [6.07, 6.45) is 4.07. The molecule has 1 aromatic rings. The Labute approximate surface area is 114 Å². The molecule has 0 unspecified atom stereocenters. The van der Waals surface area contributed by atoms with E-state index in [0.717, 1.165) is 24.2 Å². The molecule has 1 heterocycles. The Morgan fingerprint density at radius 3 is 2.74 bits per heavy atom. The van der Waals surface area contributed by atoms with Gasteiger partial charge in [-0.2, -0.15) is 0 Å². The van der Waals surface area contributed by atoms with Gasteiger partial charge in [-0.1, -0.05) is 6.07 Å². The number of rotatable bonds is 8. The fraction of sp³-hybridized carbons (Fsp3) is 0.571. The molecule has 1 rings (SSSR count). The molecule has 0 fully saturated rings. The number of aryl methyl sites for hydroxylation is 1. The number of esters is 1. The maximum absolute atomic E-state index is 11.2. The highest BCUT2D eigenvalue weighted by Crippen LogP contribution is 2.06. The minimum absolute atomic E-state index is 0.190. The van der Waals surface area contributed by atoms with Crippen LogP contribution < -0.4 is 0 Å². The van der Waals surface area contributed by atoms with Crippen molar-refractivity contribution in [1.29, 1.82) is 0 Å². The fourth-order valence-corrected chi connectivity index (χ4v) is 1.80. The minimum atomic E-state index is -0.190. The largest absolute Gasteiger partial charge is 0.469 e. The molecule has 1 aromatic heterocycles. The maximum atomic E-state index is 11.2. The molecule has 0 amide bonds. The van der Waals surface area contributed by atoms with E-state index in [1.807, 2.05) is 19.3 Å². The predicted octanol–water partition coefficient (Wildman–Crippen LogP) is 1.40. The molecule has 0 aliphatic rings. The summed E-state index contributed by atoms with van der Waals surface area (Å²) in [5, 5.41) is 0. The van der Waals surface area contributed by atoms with Gasteiger partial charge in [0.15, 0.2) is 0 Å². The molecule has 0 bridgehead atoms. The van der Waals surface area contributed by atoms with E-state index < -0.39 is 0 Å². The van der Waals surface area contributed by atoms with Crippen molar-refractivity contribution in [1.82, 2.24) is 9.88 Å². The lowest BCUT2D eigenvalue weighted by atomic mass is 10.2. The Hall–Kier alpha value is -1.46. The van der Waals surface area contributed by atoms with Crippen LogP contribution in [0.1, 0.15) is 17.5 Å². The van der Waals surface area contributed by atoms with Gasteiger partial charge >= 0.3 is 5.97 Å². The van der Waals surface area contributed by atoms with Crippen LogP contribution in [0.5, 0.6) is 0 Å². The summed E-state index contributed by atoms with van der Waals surface area (Å²) in [5.41, 5.74) is 2.28. The lowest BCUT2D eigenvalue weighted by Crippen LogP contribution is -2.29. The van der Waals surface area contributed by atoms with Crippen molar-refractivity contribution in [2.24, 2.45) is 0 Å². The Morgan fingerprint density at radius 1 is 1.32 bits per heavy atom. The zero-order valence-electron chi connectivity index (χ0n) is 11.9. The van der Waals surface area contributed by atoms with Crippen molar-refractivity contribution < 1.29 is 14.3 Å². The van der Waals surface area contributed by atoms with Gasteiger partial charge in [0.2, 0.25) is 0 Å². The van der Waals surface area contributed by atoms with Crippen molar-refractivity contribution in [2.75, 3.05) is 33.9 Å². The van der Waals surface area contributed by atoms with E-state index in [4.69, 9.17) is 4.74 Å². The third kappa shape index (κ3) is 6.31. The van der Waals surface area contributed by atoms with Gasteiger partial charge in [-0.15, -0.1) is 0 Å². The number of ether oxygens (including phenoxy) is 2. The van der Waals surface area contributed by atoms with Crippen molar-refractivity contribution in [3.8, 4) is 0 Å². The zero-order chi connectivity index (χ0) is 14.1. The zero-order valence-corrected chi connectivity index (χ0v) is 11.9. The number of nitrogens with zero attached hydrogens (tertiary/aromatic N) is 2. The van der Waals surface area contributed by atoms with Crippen LogP contribution in [0.25, 0.3) is 0 Å². The van der Waals surface area contributed by atoms with Gasteiger partial charge in [-0.3, -0.25) is 14.7 Å². The summed E-state index contributed by atoms with van der Waals surface area (Å²) in [7, 11) is 3.08. The second-order valence-corrected chi connectivity index (χ2v) is 4.47. The fourth-order valence-electron chi connectivity index (χ4n) is 1.80. The monoisotopic (exact) mass is 266 g/mol. The summed E-state index contributed by atoms with van der Waals surface area (Å²) in [6.45, 7) is 4.85. The van der Waals surface area contributed by atoms with E-state index in [0.29, 0.717) is 19.6 Å². The highest BCUT2D eigenvalue weighted by Gasteiger charge is 2.09. The Bertz CT molecular complexity index is 396. The van der Waals surface area contributed by atoms with Gasteiger partial charge in [-0.25, -0.2) is 0 Å². The summed E-state index contributed by atoms with van der Waals surface area (Å²) in [4.78, 5) is 17.5. The van der Waals surface area contributed by atoms with Crippen molar-refractivity contribution >= 4 is 5.97 Å². The number of hydrogen-bond donors (Lipinski definition) is 0. The summed E-state index contributed by atoms with van der Waals surface area (Å²) in [5.74, 6) is -0.190. The molecule has 0 spiro atoms. The number of carbonyl (C=O) groups excluding carboxylic acids is 1. The molecule has 5 nitrogen and oxygen atoms in total. The lowest BCUT2D eigenvalue weighted by Gasteiger charge is -2.21. The van der Waals surface area contributed by atoms with Gasteiger partial charge in [0.25, 0.3) is 0 Å². The molecule has 0 N–H and O–H groups in total. The standard InChI is InChI=1S/C14H22N2O3/c1-12-8-13(10-15-9-12)11-16(6-7-18-2)5-4-14(17)19-3/h8-10H,4-7,11H2,1-3H3. The molecule has 0 atom stereocenters. The Kier molecular flexibility index (Phi) is 7.07. The number of methoxy groups -OCH3 is 2. The lowest BCUT2D eigenvalue weighted by molar-refractivity contribution is -0.141. The first-order valence-electron chi connectivity index (χ1n) is 6.34. The SMILES string of the molecule is COCCN(CCC(=O)OC)Cc1cncc(C)c1. The van der Waals surface area contributed by atoms with Crippen LogP contribution in [-0.2, 0) is 20.8 Å². The molecule has 0 aromatic carbocycles. The van der Waals surface area contributed by atoms with E-state index in [1.54, 1.807) is 7.11 Å². The minimum Gasteiger partial charge on any atom is -0.469 e. The summed E-state index contributed by atoms with van der Waals surface area (Å²) in [6, 6.07) is 2.10. The molecule has 5 heteroatoms. The Morgan fingerprint density at radius 2 is 2.11 bits per heavy atom. The van der Waals surface area contributed by atoms with E-state index >= 15 is 0 Å². The third-order valence-corrected chi connectivity index (χ3v) is 2.81. The van der Waals surface area contributed by atoms with Crippen LogP contribution in [0.15, 0.2) is 18.5 Å². The molecule has 0 radical (unpaired) electrons. The Balaban J connectivity index is 2.55. The van der Waals surface area contributed by atoms with Crippen molar-refractivity contribution in [3.63, 3.8) is 0 Å². The van der Waals surface area contributed by atoms with Crippen LogP contribution in [0, 0.1) is 6.92 Å². The first kappa shape index (κ1) is 15.6. The smallest absolute Gasteiger partial charge is 0.306 e.